The number of halogens is 1. The van der Waals surface area contributed by atoms with Crippen molar-refractivity contribution >= 4 is 45.0 Å². The van der Waals surface area contributed by atoms with E-state index in [2.05, 4.69) is 5.32 Å². The van der Waals surface area contributed by atoms with Crippen molar-refractivity contribution in [3.63, 3.8) is 0 Å². The molecule has 0 saturated heterocycles. The lowest BCUT2D eigenvalue weighted by atomic mass is 10.1. The van der Waals surface area contributed by atoms with Crippen LogP contribution in [0.15, 0.2) is 59.2 Å². The van der Waals surface area contributed by atoms with Crippen LogP contribution in [0.5, 0.6) is 5.75 Å². The first-order chi connectivity index (χ1) is 11.2. The Labute approximate surface area is 137 Å². The zero-order valence-electron chi connectivity index (χ0n) is 12.3. The molecule has 5 heteroatoms. The Bertz CT molecular complexity index is 997. The van der Waals surface area contributed by atoms with Gasteiger partial charge < -0.3 is 14.5 Å². The van der Waals surface area contributed by atoms with Gasteiger partial charge in [-0.05, 0) is 42.5 Å². The summed E-state index contributed by atoms with van der Waals surface area (Å²) < 4.78 is 10.8. The minimum atomic E-state index is 0.654. The predicted octanol–water partition coefficient (Wildman–Crippen LogP) is 5.39. The number of furan rings is 1. The topological polar surface area (TPSA) is 47.3 Å². The van der Waals surface area contributed by atoms with Gasteiger partial charge in [-0.3, -0.25) is 0 Å². The highest BCUT2D eigenvalue weighted by atomic mass is 35.5. The van der Waals surface area contributed by atoms with Gasteiger partial charge in [0.1, 0.15) is 5.75 Å². The Hall–Kier alpha value is -2.72. The van der Waals surface area contributed by atoms with Crippen molar-refractivity contribution in [3.8, 4) is 5.75 Å². The molecule has 0 bridgehead atoms. The van der Waals surface area contributed by atoms with E-state index in [0.717, 1.165) is 33.2 Å². The average molecular weight is 325 g/mol. The Balaban J connectivity index is 2.05. The lowest BCUT2D eigenvalue weighted by molar-refractivity contribution is 0.415. The van der Waals surface area contributed by atoms with Crippen LogP contribution < -0.4 is 10.1 Å². The summed E-state index contributed by atoms with van der Waals surface area (Å²) in [5.41, 5.74) is 2.59. The molecule has 2 heterocycles. The summed E-state index contributed by atoms with van der Waals surface area (Å²) in [6, 6.07) is 15.2. The lowest BCUT2D eigenvalue weighted by Gasteiger charge is -2.12. The third-order valence-electron chi connectivity index (χ3n) is 3.71. The number of pyridine rings is 1. The van der Waals surface area contributed by atoms with Crippen LogP contribution in [0.4, 0.5) is 11.6 Å². The number of hydrogen-bond acceptors (Lipinski definition) is 4. The molecule has 1 N–H and O–H groups in total. The SMILES string of the molecule is COc1ccc2nc3cc(Cl)ccc3c(Nc3ccco3)c2c1. The Morgan fingerprint density at radius 2 is 1.96 bits per heavy atom. The van der Waals surface area contributed by atoms with Gasteiger partial charge in [-0.15, -0.1) is 0 Å². The van der Waals surface area contributed by atoms with Gasteiger partial charge in [-0.2, -0.15) is 0 Å². The molecule has 0 atom stereocenters. The van der Waals surface area contributed by atoms with Crippen LogP contribution in [0.1, 0.15) is 0 Å². The van der Waals surface area contributed by atoms with Crippen molar-refractivity contribution in [3.05, 3.63) is 59.8 Å². The second-order valence-corrected chi connectivity index (χ2v) is 5.57. The fourth-order valence-electron chi connectivity index (χ4n) is 2.63. The van der Waals surface area contributed by atoms with E-state index in [-0.39, 0.29) is 0 Å². The van der Waals surface area contributed by atoms with Crippen molar-refractivity contribution in [2.45, 2.75) is 0 Å². The molecule has 4 nitrogen and oxygen atoms in total. The van der Waals surface area contributed by atoms with Gasteiger partial charge in [0.25, 0.3) is 0 Å². The molecule has 4 aromatic rings. The summed E-state index contributed by atoms with van der Waals surface area (Å²) in [5.74, 6) is 1.44. The molecule has 0 saturated carbocycles. The van der Waals surface area contributed by atoms with Gasteiger partial charge in [0.05, 0.1) is 30.1 Å². The third kappa shape index (κ3) is 2.47. The monoisotopic (exact) mass is 324 g/mol. The van der Waals surface area contributed by atoms with E-state index in [4.69, 9.17) is 25.7 Å². The fraction of sp³-hybridized carbons (Fsp3) is 0.0556. The number of nitrogens with zero attached hydrogens (tertiary/aromatic N) is 1. The number of rotatable bonds is 3. The lowest BCUT2D eigenvalue weighted by Crippen LogP contribution is -1.95. The van der Waals surface area contributed by atoms with E-state index < -0.39 is 0 Å². The van der Waals surface area contributed by atoms with Crippen molar-refractivity contribution in [2.75, 3.05) is 12.4 Å². The van der Waals surface area contributed by atoms with Gasteiger partial charge in [0.15, 0.2) is 5.88 Å². The highest BCUT2D eigenvalue weighted by Crippen LogP contribution is 2.35. The summed E-state index contributed by atoms with van der Waals surface area (Å²) in [5, 5.41) is 5.91. The number of methoxy groups -OCH3 is 1. The highest BCUT2D eigenvalue weighted by molar-refractivity contribution is 6.31. The summed E-state index contributed by atoms with van der Waals surface area (Å²) in [7, 11) is 1.65. The standard InChI is InChI=1S/C18H13ClN2O2/c1-22-12-5-7-15-14(10-12)18(21-17-3-2-8-23-17)13-6-4-11(19)9-16(13)20-15/h2-10H,1H3,(H,20,21). The Morgan fingerprint density at radius 1 is 1.04 bits per heavy atom. The molecule has 0 aliphatic rings. The number of hydrogen-bond donors (Lipinski definition) is 1. The van der Waals surface area contributed by atoms with Crippen LogP contribution in [-0.2, 0) is 0 Å². The first-order valence-corrected chi connectivity index (χ1v) is 7.50. The normalized spacial score (nSPS) is 11.0. The van der Waals surface area contributed by atoms with Crippen molar-refractivity contribution in [1.29, 1.82) is 0 Å². The molecule has 0 amide bonds. The Kier molecular flexibility index (Phi) is 3.32. The van der Waals surface area contributed by atoms with Crippen LogP contribution in [0.2, 0.25) is 5.02 Å². The molecule has 23 heavy (non-hydrogen) atoms. The molecule has 0 aliphatic heterocycles. The summed E-state index contributed by atoms with van der Waals surface area (Å²) >= 11 is 6.11. The minimum Gasteiger partial charge on any atom is -0.497 e. The zero-order valence-corrected chi connectivity index (χ0v) is 13.1. The molecule has 2 aromatic carbocycles. The third-order valence-corrected chi connectivity index (χ3v) is 3.95. The number of benzene rings is 2. The van der Waals surface area contributed by atoms with Crippen LogP contribution in [0.3, 0.4) is 0 Å². The largest absolute Gasteiger partial charge is 0.497 e. The smallest absolute Gasteiger partial charge is 0.197 e. The van der Waals surface area contributed by atoms with Crippen LogP contribution in [0.25, 0.3) is 21.8 Å². The summed E-state index contributed by atoms with van der Waals surface area (Å²) in [6.07, 6.45) is 1.63. The number of aromatic nitrogens is 1. The fourth-order valence-corrected chi connectivity index (χ4v) is 2.80. The zero-order chi connectivity index (χ0) is 15.8. The molecule has 0 radical (unpaired) electrons. The second-order valence-electron chi connectivity index (χ2n) is 5.13. The van der Waals surface area contributed by atoms with E-state index in [1.807, 2.05) is 48.5 Å². The number of nitrogens with one attached hydrogen (secondary N) is 1. The van der Waals surface area contributed by atoms with Gasteiger partial charge in [0.2, 0.25) is 0 Å². The van der Waals surface area contributed by atoms with Gasteiger partial charge in [0, 0.05) is 21.9 Å². The van der Waals surface area contributed by atoms with Gasteiger partial charge >= 0.3 is 0 Å². The van der Waals surface area contributed by atoms with Gasteiger partial charge in [-0.25, -0.2) is 4.98 Å². The number of fused-ring (bicyclic) bond motifs is 2. The van der Waals surface area contributed by atoms with E-state index >= 15 is 0 Å². The quantitative estimate of drug-likeness (QED) is 0.513. The number of anilines is 2. The van der Waals surface area contributed by atoms with Crippen LogP contribution in [-0.4, -0.2) is 12.1 Å². The van der Waals surface area contributed by atoms with E-state index in [1.54, 1.807) is 13.4 Å². The summed E-state index contributed by atoms with van der Waals surface area (Å²) in [4.78, 5) is 4.69. The van der Waals surface area contributed by atoms with E-state index in [9.17, 15) is 0 Å². The van der Waals surface area contributed by atoms with E-state index in [1.165, 1.54) is 0 Å². The van der Waals surface area contributed by atoms with Crippen molar-refractivity contribution in [1.82, 2.24) is 4.98 Å². The maximum Gasteiger partial charge on any atom is 0.197 e. The van der Waals surface area contributed by atoms with Crippen LogP contribution in [0, 0.1) is 0 Å². The molecule has 0 fully saturated rings. The Morgan fingerprint density at radius 3 is 2.74 bits per heavy atom. The molecular weight excluding hydrogens is 312 g/mol. The van der Waals surface area contributed by atoms with E-state index in [0.29, 0.717) is 10.9 Å². The van der Waals surface area contributed by atoms with Crippen LogP contribution >= 0.6 is 11.6 Å². The second kappa shape index (κ2) is 5.48. The molecule has 0 unspecified atom stereocenters. The van der Waals surface area contributed by atoms with Crippen molar-refractivity contribution in [2.24, 2.45) is 0 Å². The molecule has 0 spiro atoms. The van der Waals surface area contributed by atoms with Crippen molar-refractivity contribution < 1.29 is 9.15 Å². The molecular formula is C18H13ClN2O2. The summed E-state index contributed by atoms with van der Waals surface area (Å²) in [6.45, 7) is 0. The minimum absolute atomic E-state index is 0.654. The first-order valence-electron chi connectivity index (χ1n) is 7.12. The predicted molar refractivity (Wildman–Crippen MR) is 92.8 cm³/mol. The molecule has 2 aromatic heterocycles. The van der Waals surface area contributed by atoms with Gasteiger partial charge in [-0.1, -0.05) is 11.6 Å². The average Bonchev–Trinajstić information content (AvgIpc) is 3.07. The maximum absolute atomic E-state index is 6.11. The molecule has 0 aliphatic carbocycles. The number of ether oxygens (including phenoxy) is 1. The molecule has 114 valence electrons. The maximum atomic E-state index is 6.11. The molecule has 4 rings (SSSR count). The first kappa shape index (κ1) is 13.9. The highest BCUT2D eigenvalue weighted by Gasteiger charge is 2.12.